The molecule has 0 aromatic carbocycles. The molecule has 1 aliphatic carbocycles. The second kappa shape index (κ2) is 13.4. The van der Waals surface area contributed by atoms with Gasteiger partial charge in [-0.1, -0.05) is 19.3 Å². The third-order valence-electron chi connectivity index (χ3n) is 3.46. The lowest BCUT2D eigenvalue weighted by atomic mass is 9.86. The standard InChI is InChI=1S/C12H17NO2.C2H7NO.C2H7NS/c1-9-7-11(13(15)12(14)8-9)10-5-3-2-4-6-10;2*3-1-2-4/h7-8,10,15H,2-6H2,1H3;2*4H,1-3H2. The number of hydrogen-bond donors (Lipinski definition) is 5. The van der Waals surface area contributed by atoms with Crippen LogP contribution in [0.25, 0.3) is 0 Å². The second-order valence-electron chi connectivity index (χ2n) is 5.47. The van der Waals surface area contributed by atoms with Crippen molar-refractivity contribution in [3.63, 3.8) is 0 Å². The van der Waals surface area contributed by atoms with Crippen LogP contribution in [0.2, 0.25) is 0 Å². The van der Waals surface area contributed by atoms with Crippen molar-refractivity contribution >= 4 is 12.6 Å². The molecule has 0 spiro atoms. The lowest BCUT2D eigenvalue weighted by Gasteiger charge is -2.22. The first kappa shape index (κ1) is 22.0. The van der Waals surface area contributed by atoms with E-state index in [1.807, 2.05) is 13.0 Å². The Morgan fingerprint density at radius 2 is 1.74 bits per heavy atom. The molecule has 1 fully saturated rings. The molecule has 1 aromatic rings. The normalized spacial score (nSPS) is 14.3. The average molecular weight is 346 g/mol. The van der Waals surface area contributed by atoms with Crippen LogP contribution >= 0.6 is 12.6 Å². The van der Waals surface area contributed by atoms with Gasteiger partial charge in [-0.05, 0) is 31.4 Å². The molecule has 1 aromatic heterocycles. The maximum absolute atomic E-state index is 11.4. The molecule has 7 heteroatoms. The van der Waals surface area contributed by atoms with Crippen molar-refractivity contribution in [1.82, 2.24) is 4.73 Å². The van der Waals surface area contributed by atoms with Crippen LogP contribution < -0.4 is 17.0 Å². The molecule has 0 radical (unpaired) electrons. The third-order valence-corrected chi connectivity index (χ3v) is 3.72. The van der Waals surface area contributed by atoms with E-state index in [-0.39, 0.29) is 12.2 Å². The van der Waals surface area contributed by atoms with Gasteiger partial charge in [0.25, 0.3) is 5.56 Å². The fourth-order valence-corrected chi connectivity index (χ4v) is 2.41. The predicted octanol–water partition coefficient (Wildman–Crippen LogP) is 1.25. The van der Waals surface area contributed by atoms with E-state index in [0.717, 1.165) is 34.6 Å². The first-order valence-electron chi connectivity index (χ1n) is 8.06. The Kier molecular flexibility index (Phi) is 12.8. The lowest BCUT2D eigenvalue weighted by Crippen LogP contribution is -2.23. The first-order valence-corrected chi connectivity index (χ1v) is 8.69. The number of hydrogen-bond acceptors (Lipinski definition) is 6. The molecule has 0 atom stereocenters. The summed E-state index contributed by atoms with van der Waals surface area (Å²) in [6, 6.07) is 3.39. The molecular weight excluding hydrogens is 314 g/mol. The molecule has 1 heterocycles. The highest BCUT2D eigenvalue weighted by Crippen LogP contribution is 2.31. The third kappa shape index (κ3) is 9.00. The zero-order valence-electron chi connectivity index (χ0n) is 13.9. The monoisotopic (exact) mass is 345 g/mol. The van der Waals surface area contributed by atoms with E-state index in [4.69, 9.17) is 16.6 Å². The van der Waals surface area contributed by atoms with Gasteiger partial charge >= 0.3 is 0 Å². The minimum atomic E-state index is -0.310. The Labute approximate surface area is 143 Å². The molecule has 1 aliphatic rings. The van der Waals surface area contributed by atoms with Gasteiger partial charge in [0.15, 0.2) is 0 Å². The van der Waals surface area contributed by atoms with Crippen molar-refractivity contribution < 1.29 is 10.3 Å². The molecule has 2 rings (SSSR count). The number of thiol groups is 1. The van der Waals surface area contributed by atoms with Gasteiger partial charge < -0.3 is 21.8 Å². The van der Waals surface area contributed by atoms with E-state index in [1.54, 1.807) is 0 Å². The molecule has 1 saturated carbocycles. The summed E-state index contributed by atoms with van der Waals surface area (Å²) in [5.41, 5.74) is 11.1. The van der Waals surface area contributed by atoms with Crippen LogP contribution in [0.4, 0.5) is 0 Å². The van der Waals surface area contributed by atoms with Crippen molar-refractivity contribution in [1.29, 1.82) is 0 Å². The van der Waals surface area contributed by atoms with Gasteiger partial charge in [-0.2, -0.15) is 17.4 Å². The summed E-state index contributed by atoms with van der Waals surface area (Å²) in [6.45, 7) is 3.05. The minimum absolute atomic E-state index is 0.0972. The molecule has 0 bridgehead atoms. The highest BCUT2D eigenvalue weighted by atomic mass is 32.1. The molecule has 6 N–H and O–H groups in total. The summed E-state index contributed by atoms with van der Waals surface area (Å²) in [7, 11) is 0. The topological polar surface area (TPSA) is 114 Å². The Balaban J connectivity index is 0.000000509. The Morgan fingerprint density at radius 1 is 1.22 bits per heavy atom. The van der Waals surface area contributed by atoms with E-state index in [0.29, 0.717) is 19.0 Å². The summed E-state index contributed by atoms with van der Waals surface area (Å²) >= 11 is 3.80. The number of aliphatic hydroxyl groups is 1. The van der Waals surface area contributed by atoms with Crippen molar-refractivity contribution in [2.45, 2.75) is 44.9 Å². The molecule has 23 heavy (non-hydrogen) atoms. The summed E-state index contributed by atoms with van der Waals surface area (Å²) in [5.74, 6) is 1.15. The zero-order chi connectivity index (χ0) is 17.7. The maximum atomic E-state index is 11.4. The van der Waals surface area contributed by atoms with Crippen molar-refractivity contribution in [3.8, 4) is 0 Å². The minimum Gasteiger partial charge on any atom is -0.425 e. The summed E-state index contributed by atoms with van der Waals surface area (Å²) in [5, 5.41) is 17.4. The predicted molar refractivity (Wildman–Crippen MR) is 97.5 cm³/mol. The largest absolute Gasteiger partial charge is 0.425 e. The van der Waals surface area contributed by atoms with E-state index in [1.165, 1.54) is 25.3 Å². The quantitative estimate of drug-likeness (QED) is 0.418. The number of aromatic nitrogens is 1. The molecule has 0 saturated heterocycles. The number of rotatable bonds is 3. The van der Waals surface area contributed by atoms with Crippen molar-refractivity contribution in [2.75, 3.05) is 25.4 Å². The van der Waals surface area contributed by atoms with Crippen LogP contribution in [0.1, 0.15) is 49.3 Å². The van der Waals surface area contributed by atoms with E-state index < -0.39 is 0 Å². The summed E-state index contributed by atoms with van der Waals surface area (Å²) < 4.78 is 0.822. The van der Waals surface area contributed by atoms with E-state index in [9.17, 15) is 10.0 Å². The smallest absolute Gasteiger partial charge is 0.283 e. The molecule has 0 unspecified atom stereocenters. The summed E-state index contributed by atoms with van der Waals surface area (Å²) in [6.07, 6.45) is 5.85. The second-order valence-corrected chi connectivity index (χ2v) is 5.91. The van der Waals surface area contributed by atoms with E-state index >= 15 is 0 Å². The fraction of sp³-hybridized carbons (Fsp3) is 0.688. The van der Waals surface area contributed by atoms with Crippen LogP contribution in [-0.4, -0.2) is 40.5 Å². The van der Waals surface area contributed by atoms with Gasteiger partial charge in [0, 0.05) is 30.8 Å². The molecule has 134 valence electrons. The van der Waals surface area contributed by atoms with Gasteiger partial charge in [0.1, 0.15) is 0 Å². The Hall–Kier alpha value is -1.02. The molecule has 6 nitrogen and oxygen atoms in total. The fourth-order valence-electron chi connectivity index (χ4n) is 2.41. The van der Waals surface area contributed by atoms with Crippen molar-refractivity contribution in [2.24, 2.45) is 11.5 Å². The van der Waals surface area contributed by atoms with Gasteiger partial charge in [0.2, 0.25) is 0 Å². The highest BCUT2D eigenvalue weighted by molar-refractivity contribution is 7.80. The average Bonchev–Trinajstić information content (AvgIpc) is 2.59. The van der Waals surface area contributed by atoms with Crippen LogP contribution in [0.3, 0.4) is 0 Å². The number of aryl methyl sites for hydroxylation is 1. The van der Waals surface area contributed by atoms with Crippen LogP contribution in [0.15, 0.2) is 16.9 Å². The van der Waals surface area contributed by atoms with E-state index in [2.05, 4.69) is 12.6 Å². The molecule has 0 amide bonds. The molecule has 0 aliphatic heterocycles. The Bertz CT molecular complexity index is 466. The van der Waals surface area contributed by atoms with Crippen LogP contribution in [0.5, 0.6) is 0 Å². The highest BCUT2D eigenvalue weighted by Gasteiger charge is 2.19. The van der Waals surface area contributed by atoms with Gasteiger partial charge in [-0.3, -0.25) is 4.79 Å². The number of aliphatic hydroxyl groups excluding tert-OH is 1. The van der Waals surface area contributed by atoms with Crippen LogP contribution in [-0.2, 0) is 0 Å². The number of nitrogens with two attached hydrogens (primary N) is 2. The molecular formula is C16H31N3O3S. The lowest BCUT2D eigenvalue weighted by molar-refractivity contribution is 0.156. The van der Waals surface area contributed by atoms with Gasteiger partial charge in [0.05, 0.1) is 12.3 Å². The number of pyridine rings is 1. The summed E-state index contributed by atoms with van der Waals surface area (Å²) in [4.78, 5) is 11.4. The maximum Gasteiger partial charge on any atom is 0.283 e. The first-order chi connectivity index (χ1) is 11.0. The SMILES string of the molecule is Cc1cc(C2CCCCC2)n(O)c(=O)c1.NCCO.NCCS. The van der Waals surface area contributed by atoms with Crippen LogP contribution in [0, 0.1) is 6.92 Å². The Morgan fingerprint density at radius 3 is 2.17 bits per heavy atom. The van der Waals surface area contributed by atoms with Gasteiger partial charge in [-0.25, -0.2) is 0 Å². The number of nitrogens with zero attached hydrogens (tertiary/aromatic N) is 1. The van der Waals surface area contributed by atoms with Crippen molar-refractivity contribution in [3.05, 3.63) is 33.7 Å². The van der Waals surface area contributed by atoms with Gasteiger partial charge in [-0.15, -0.1) is 0 Å². The zero-order valence-corrected chi connectivity index (χ0v) is 14.8.